The fraction of sp³-hybridized carbons (Fsp3) is 1.00. The van der Waals surface area contributed by atoms with E-state index in [9.17, 15) is 16.8 Å². The molecule has 0 rings (SSSR count). The highest BCUT2D eigenvalue weighted by Gasteiger charge is 2.19. The molecule has 7 nitrogen and oxygen atoms in total. The molecule has 0 saturated carbocycles. The van der Waals surface area contributed by atoms with Crippen molar-refractivity contribution in [2.45, 2.75) is 167 Å². The molecule has 1 atom stereocenters. The second kappa shape index (κ2) is 29.5. The third kappa shape index (κ3) is 32.7. The molecule has 0 N–H and O–H groups in total. The summed E-state index contributed by atoms with van der Waals surface area (Å²) in [7, 11) is -4.93. The van der Waals surface area contributed by atoms with Crippen molar-refractivity contribution >= 4 is 20.0 Å². The first-order valence-corrected chi connectivity index (χ1v) is 21.0. The number of sulfone groups is 1. The monoisotopic (exact) mass is 640 g/mol. The molecular weight excluding hydrogens is 572 g/mol. The zero-order valence-electron chi connectivity index (χ0n) is 27.8. The Morgan fingerprint density at radius 1 is 0.524 bits per heavy atom. The van der Waals surface area contributed by atoms with Crippen LogP contribution in [0.1, 0.15) is 161 Å². The fourth-order valence-electron chi connectivity index (χ4n) is 5.21. The van der Waals surface area contributed by atoms with E-state index in [1.807, 2.05) is 0 Å². The Kier molecular flexibility index (Phi) is 29.3. The van der Waals surface area contributed by atoms with Gasteiger partial charge in [0, 0.05) is 13.7 Å². The zero-order chi connectivity index (χ0) is 31.2. The van der Waals surface area contributed by atoms with Gasteiger partial charge in [-0.3, -0.25) is 4.18 Å². The molecule has 42 heavy (non-hydrogen) atoms. The number of unbranched alkanes of at least 4 members (excludes halogenated alkanes) is 22. The first kappa shape index (κ1) is 41.8. The van der Waals surface area contributed by atoms with E-state index in [0.29, 0.717) is 19.6 Å². The van der Waals surface area contributed by atoms with Crippen LogP contribution in [-0.2, 0) is 33.6 Å². The third-order valence-electron chi connectivity index (χ3n) is 7.87. The topological polar surface area (TPSA) is 96.0 Å². The number of hydrogen-bond donors (Lipinski definition) is 0. The van der Waals surface area contributed by atoms with Crippen LogP contribution >= 0.6 is 0 Å². The van der Waals surface area contributed by atoms with Crippen LogP contribution in [-0.4, -0.2) is 67.6 Å². The molecule has 0 aliphatic rings. The van der Waals surface area contributed by atoms with Crippen molar-refractivity contribution < 1.29 is 30.5 Å². The number of hydrogen-bond acceptors (Lipinski definition) is 7. The largest absolute Gasteiger partial charge is 0.379 e. The highest BCUT2D eigenvalue weighted by Crippen LogP contribution is 2.14. The van der Waals surface area contributed by atoms with Crippen LogP contribution in [0.15, 0.2) is 0 Å². The maximum Gasteiger partial charge on any atom is 0.264 e. The molecule has 0 saturated heterocycles. The van der Waals surface area contributed by atoms with Crippen molar-refractivity contribution in [2.24, 2.45) is 0 Å². The van der Waals surface area contributed by atoms with E-state index < -0.39 is 26.1 Å². The molecule has 0 heterocycles. The van der Waals surface area contributed by atoms with Crippen LogP contribution in [0, 0.1) is 0 Å². The van der Waals surface area contributed by atoms with Crippen molar-refractivity contribution in [3.05, 3.63) is 0 Å². The molecule has 0 aliphatic heterocycles. The molecule has 0 fully saturated rings. The summed E-state index contributed by atoms with van der Waals surface area (Å²) in [5, 5.41) is 0. The quantitative estimate of drug-likeness (QED) is 0.0512. The van der Waals surface area contributed by atoms with Crippen LogP contribution in [0.5, 0.6) is 0 Å². The smallest absolute Gasteiger partial charge is 0.264 e. The summed E-state index contributed by atoms with van der Waals surface area (Å²) in [6.07, 6.45) is 29.6. The standard InChI is InChI=1S/C33H68O7S2/c1-4-5-6-7-8-9-10-11-12-13-14-15-16-19-22-25-28-39-31-33(38-2)32-42(36,37)30-27-24-21-18-17-20-23-26-29-40-41(3,34)35/h33H,4-32H2,1-3H3. The molecule has 0 aromatic heterocycles. The maximum atomic E-state index is 12.5. The van der Waals surface area contributed by atoms with Gasteiger partial charge in [0.25, 0.3) is 10.1 Å². The second-order valence-corrected chi connectivity index (χ2v) is 16.1. The first-order valence-electron chi connectivity index (χ1n) is 17.4. The van der Waals surface area contributed by atoms with Gasteiger partial charge in [-0.1, -0.05) is 142 Å². The number of rotatable bonds is 34. The van der Waals surface area contributed by atoms with Gasteiger partial charge in [-0.05, 0) is 19.3 Å². The lowest BCUT2D eigenvalue weighted by Gasteiger charge is -2.16. The lowest BCUT2D eigenvalue weighted by molar-refractivity contribution is 0.0190. The summed E-state index contributed by atoms with van der Waals surface area (Å²) in [4.78, 5) is 0. The van der Waals surface area contributed by atoms with Crippen molar-refractivity contribution in [1.29, 1.82) is 0 Å². The van der Waals surface area contributed by atoms with E-state index >= 15 is 0 Å². The van der Waals surface area contributed by atoms with E-state index in [2.05, 4.69) is 6.92 Å². The van der Waals surface area contributed by atoms with Gasteiger partial charge in [-0.2, -0.15) is 8.42 Å². The fourth-order valence-corrected chi connectivity index (χ4v) is 7.24. The van der Waals surface area contributed by atoms with Gasteiger partial charge in [0.1, 0.15) is 0 Å². The Hall–Kier alpha value is -0.220. The van der Waals surface area contributed by atoms with Crippen LogP contribution in [0.2, 0.25) is 0 Å². The third-order valence-corrected chi connectivity index (χ3v) is 10.3. The summed E-state index contributed by atoms with van der Waals surface area (Å²) in [6.45, 7) is 3.54. The van der Waals surface area contributed by atoms with Crippen molar-refractivity contribution in [3.8, 4) is 0 Å². The number of ether oxygens (including phenoxy) is 2. The molecule has 0 aliphatic carbocycles. The lowest BCUT2D eigenvalue weighted by Crippen LogP contribution is -2.29. The van der Waals surface area contributed by atoms with Crippen LogP contribution in [0.4, 0.5) is 0 Å². The predicted octanol–water partition coefficient (Wildman–Crippen LogP) is 8.79. The van der Waals surface area contributed by atoms with Gasteiger partial charge in [0.05, 0.1) is 37.1 Å². The van der Waals surface area contributed by atoms with Gasteiger partial charge in [-0.15, -0.1) is 0 Å². The molecular formula is C33H68O7S2. The van der Waals surface area contributed by atoms with E-state index in [1.54, 1.807) is 7.11 Å². The number of methoxy groups -OCH3 is 1. The molecule has 0 amide bonds. The average molecular weight is 641 g/mol. The Bertz CT molecular complexity index is 769. The minimum Gasteiger partial charge on any atom is -0.379 e. The zero-order valence-corrected chi connectivity index (χ0v) is 29.4. The molecule has 0 spiro atoms. The Balaban J connectivity index is 3.55. The molecule has 254 valence electrons. The molecule has 0 aromatic carbocycles. The van der Waals surface area contributed by atoms with Crippen LogP contribution < -0.4 is 0 Å². The van der Waals surface area contributed by atoms with Crippen LogP contribution in [0.25, 0.3) is 0 Å². The minimum atomic E-state index is -3.33. The molecule has 0 aromatic rings. The molecule has 1 unspecified atom stereocenters. The maximum absolute atomic E-state index is 12.5. The summed E-state index contributed by atoms with van der Waals surface area (Å²) in [5.74, 6) is 0.229. The second-order valence-electron chi connectivity index (χ2n) is 12.2. The summed E-state index contributed by atoms with van der Waals surface area (Å²) in [6, 6.07) is 0. The Morgan fingerprint density at radius 3 is 1.31 bits per heavy atom. The average Bonchev–Trinajstić information content (AvgIpc) is 2.94. The molecule has 0 radical (unpaired) electrons. The first-order chi connectivity index (χ1) is 20.2. The lowest BCUT2D eigenvalue weighted by atomic mass is 10.0. The molecule has 0 bridgehead atoms. The SMILES string of the molecule is CCCCCCCCCCCCCCCCCCOCC(CS(=O)(=O)CCCCCCCCCCOS(C)(=O)=O)OC. The van der Waals surface area contributed by atoms with E-state index in [4.69, 9.17) is 13.7 Å². The highest BCUT2D eigenvalue weighted by atomic mass is 32.2. The van der Waals surface area contributed by atoms with Gasteiger partial charge < -0.3 is 9.47 Å². The Labute approximate surface area is 261 Å². The van der Waals surface area contributed by atoms with Crippen LogP contribution in [0.3, 0.4) is 0 Å². The Morgan fingerprint density at radius 2 is 0.905 bits per heavy atom. The molecule has 9 heteroatoms. The summed E-state index contributed by atoms with van der Waals surface area (Å²) in [5.41, 5.74) is 0. The van der Waals surface area contributed by atoms with Gasteiger partial charge in [-0.25, -0.2) is 8.42 Å². The summed E-state index contributed by atoms with van der Waals surface area (Å²) >= 11 is 0. The van der Waals surface area contributed by atoms with Crippen molar-refractivity contribution in [3.63, 3.8) is 0 Å². The van der Waals surface area contributed by atoms with Crippen molar-refractivity contribution in [2.75, 3.05) is 44.7 Å². The van der Waals surface area contributed by atoms with Gasteiger partial charge in [0.2, 0.25) is 0 Å². The predicted molar refractivity (Wildman–Crippen MR) is 178 cm³/mol. The van der Waals surface area contributed by atoms with Crippen molar-refractivity contribution in [1.82, 2.24) is 0 Å². The minimum absolute atomic E-state index is 0.0258. The van der Waals surface area contributed by atoms with E-state index in [1.165, 1.54) is 96.3 Å². The normalized spacial score (nSPS) is 13.1. The van der Waals surface area contributed by atoms with E-state index in [0.717, 1.165) is 57.6 Å². The summed E-state index contributed by atoms with van der Waals surface area (Å²) < 4.78 is 62.7. The van der Waals surface area contributed by atoms with E-state index in [-0.39, 0.29) is 18.1 Å². The van der Waals surface area contributed by atoms with Gasteiger partial charge in [0.15, 0.2) is 9.84 Å². The highest BCUT2D eigenvalue weighted by molar-refractivity contribution is 7.91. The van der Waals surface area contributed by atoms with Gasteiger partial charge >= 0.3 is 0 Å².